The van der Waals surface area contributed by atoms with Gasteiger partial charge in [0.2, 0.25) is 0 Å². The topological polar surface area (TPSA) is 42.0 Å². The zero-order valence-electron chi connectivity index (χ0n) is 15.4. The molecule has 1 atom stereocenters. The maximum atomic E-state index is 12.7. The first kappa shape index (κ1) is 21.2. The molecule has 26 heavy (non-hydrogen) atoms. The Hall–Kier alpha value is -1.10. The lowest BCUT2D eigenvalue weighted by Crippen LogP contribution is -2.41. The molecule has 6 heteroatoms. The molecule has 3 nitrogen and oxygen atoms in total. The maximum Gasteiger partial charge on any atom is 0.270 e. The van der Waals surface area contributed by atoms with Crippen LogP contribution in [0.3, 0.4) is 0 Å². The van der Waals surface area contributed by atoms with Crippen molar-refractivity contribution in [1.82, 2.24) is 10.3 Å². The van der Waals surface area contributed by atoms with Gasteiger partial charge in [0.1, 0.15) is 5.69 Å². The van der Waals surface area contributed by atoms with Crippen LogP contribution >= 0.6 is 39.1 Å². The number of nitrogens with zero attached hydrogens (tertiary/aromatic N) is 1. The molecule has 1 aromatic heterocycles. The largest absolute Gasteiger partial charge is 0.346 e. The Bertz CT molecular complexity index is 783. The van der Waals surface area contributed by atoms with Crippen LogP contribution in [0.25, 0.3) is 0 Å². The van der Waals surface area contributed by atoms with E-state index in [1.165, 1.54) is 0 Å². The third-order valence-corrected chi connectivity index (χ3v) is 4.79. The van der Waals surface area contributed by atoms with Crippen LogP contribution in [0.4, 0.5) is 0 Å². The van der Waals surface area contributed by atoms with Crippen molar-refractivity contribution in [3.63, 3.8) is 0 Å². The molecule has 140 valence electrons. The van der Waals surface area contributed by atoms with Crippen LogP contribution in [-0.2, 0) is 6.42 Å². The van der Waals surface area contributed by atoms with Gasteiger partial charge in [-0.2, -0.15) is 0 Å². The maximum absolute atomic E-state index is 12.7. The minimum atomic E-state index is -0.328. The van der Waals surface area contributed by atoms with Crippen molar-refractivity contribution in [2.45, 2.75) is 52.0 Å². The molecule has 1 amide bonds. The molecule has 0 fully saturated rings. The summed E-state index contributed by atoms with van der Waals surface area (Å²) in [6.07, 6.45) is 3.24. The summed E-state index contributed by atoms with van der Waals surface area (Å²) in [5.74, 6) is -0.0437. The van der Waals surface area contributed by atoms with Gasteiger partial charge in [0.15, 0.2) is 0 Å². The van der Waals surface area contributed by atoms with E-state index in [9.17, 15) is 4.79 Å². The molecule has 1 unspecified atom stereocenters. The number of hydrogen-bond acceptors (Lipinski definition) is 2. The summed E-state index contributed by atoms with van der Waals surface area (Å²) >= 11 is 15.7. The van der Waals surface area contributed by atoms with Gasteiger partial charge in [-0.1, -0.05) is 30.1 Å². The van der Waals surface area contributed by atoms with Gasteiger partial charge < -0.3 is 5.32 Å². The van der Waals surface area contributed by atoms with Crippen molar-refractivity contribution in [2.24, 2.45) is 0 Å². The van der Waals surface area contributed by atoms with Crippen LogP contribution in [0.2, 0.25) is 10.0 Å². The van der Waals surface area contributed by atoms with Gasteiger partial charge in [-0.05, 0) is 90.9 Å². The predicted molar refractivity (Wildman–Crippen MR) is 112 cm³/mol. The molecular formula is C20H23BrCl2N2O. The molecule has 0 saturated heterocycles. The SMILES string of the molecule is CCC(Cc1cc(Cl)cc(Cl)c1)c1cc(Br)cnc1C(=O)NC(C)(C)C. The minimum absolute atomic E-state index is 0.121. The highest BCUT2D eigenvalue weighted by atomic mass is 79.9. The van der Waals surface area contributed by atoms with E-state index in [-0.39, 0.29) is 17.4 Å². The highest BCUT2D eigenvalue weighted by molar-refractivity contribution is 9.10. The number of carbonyl (C=O) groups excluding carboxylic acids is 1. The predicted octanol–water partition coefficient (Wildman–Crippen LogP) is 6.42. The lowest BCUT2D eigenvalue weighted by atomic mass is 9.88. The fourth-order valence-electron chi connectivity index (χ4n) is 2.84. The Morgan fingerprint density at radius 3 is 2.35 bits per heavy atom. The Kier molecular flexibility index (Phi) is 7.12. The summed E-state index contributed by atoms with van der Waals surface area (Å²) in [6.45, 7) is 7.96. The minimum Gasteiger partial charge on any atom is -0.346 e. The summed E-state index contributed by atoms with van der Waals surface area (Å²) in [5.41, 5.74) is 2.09. The molecule has 2 aromatic rings. The summed E-state index contributed by atoms with van der Waals surface area (Å²) < 4.78 is 0.849. The van der Waals surface area contributed by atoms with Gasteiger partial charge in [-0.25, -0.2) is 4.98 Å². The Balaban J connectivity index is 2.40. The average Bonchev–Trinajstić information content (AvgIpc) is 2.49. The first-order chi connectivity index (χ1) is 12.1. The summed E-state index contributed by atoms with van der Waals surface area (Å²) in [4.78, 5) is 17.1. The number of hydrogen-bond donors (Lipinski definition) is 1. The van der Waals surface area contributed by atoms with Crippen LogP contribution in [0.1, 0.15) is 61.6 Å². The number of nitrogens with one attached hydrogen (secondary N) is 1. The molecule has 0 aliphatic carbocycles. The highest BCUT2D eigenvalue weighted by Crippen LogP contribution is 2.30. The van der Waals surface area contributed by atoms with E-state index in [4.69, 9.17) is 23.2 Å². The zero-order valence-corrected chi connectivity index (χ0v) is 18.5. The van der Waals surface area contributed by atoms with Crippen LogP contribution in [0, 0.1) is 0 Å². The highest BCUT2D eigenvalue weighted by Gasteiger charge is 2.23. The first-order valence-corrected chi connectivity index (χ1v) is 10.1. The van der Waals surface area contributed by atoms with E-state index in [0.717, 1.165) is 28.4 Å². The van der Waals surface area contributed by atoms with E-state index in [0.29, 0.717) is 15.7 Å². The fourth-order valence-corrected chi connectivity index (χ4v) is 3.76. The van der Waals surface area contributed by atoms with Crippen molar-refractivity contribution in [1.29, 1.82) is 0 Å². The van der Waals surface area contributed by atoms with Gasteiger partial charge in [0.05, 0.1) is 0 Å². The number of aromatic nitrogens is 1. The van der Waals surface area contributed by atoms with Gasteiger partial charge in [-0.15, -0.1) is 0 Å². The molecule has 2 rings (SSSR count). The lowest BCUT2D eigenvalue weighted by Gasteiger charge is -2.23. The zero-order chi connectivity index (χ0) is 19.5. The quantitative estimate of drug-likeness (QED) is 0.563. The fraction of sp³-hybridized carbons (Fsp3) is 0.400. The average molecular weight is 458 g/mol. The molecule has 0 saturated carbocycles. The van der Waals surface area contributed by atoms with Crippen LogP contribution < -0.4 is 5.32 Å². The van der Waals surface area contributed by atoms with Crippen molar-refractivity contribution in [3.8, 4) is 0 Å². The molecule has 0 aliphatic heterocycles. The van der Waals surface area contributed by atoms with E-state index in [1.807, 2.05) is 39.0 Å². The van der Waals surface area contributed by atoms with Crippen molar-refractivity contribution in [2.75, 3.05) is 0 Å². The third-order valence-electron chi connectivity index (χ3n) is 3.92. The summed E-state index contributed by atoms with van der Waals surface area (Å²) in [7, 11) is 0. The number of carbonyl (C=O) groups is 1. The Morgan fingerprint density at radius 1 is 1.19 bits per heavy atom. The van der Waals surface area contributed by atoms with Gasteiger partial charge in [0, 0.05) is 26.3 Å². The van der Waals surface area contributed by atoms with Gasteiger partial charge >= 0.3 is 0 Å². The molecule has 1 N–H and O–H groups in total. The number of benzene rings is 1. The first-order valence-electron chi connectivity index (χ1n) is 8.52. The third kappa shape index (κ3) is 5.97. The second-order valence-corrected chi connectivity index (χ2v) is 9.17. The second kappa shape index (κ2) is 8.73. The number of halogens is 3. The molecule has 1 aromatic carbocycles. The van der Waals surface area contributed by atoms with Crippen molar-refractivity contribution >= 4 is 45.0 Å². The molecule has 0 aliphatic rings. The van der Waals surface area contributed by atoms with Crippen LogP contribution in [0.15, 0.2) is 34.9 Å². The molecular weight excluding hydrogens is 435 g/mol. The number of rotatable bonds is 5. The molecule has 0 radical (unpaired) electrons. The molecule has 0 spiro atoms. The number of pyridine rings is 1. The standard InChI is InChI=1S/C20H23BrCl2N2O/c1-5-13(6-12-7-15(22)10-16(23)8-12)17-9-14(21)11-24-18(17)19(26)25-20(2,3)4/h7-11,13H,5-6H2,1-4H3,(H,25,26). The van der Waals surface area contributed by atoms with Crippen molar-refractivity contribution in [3.05, 3.63) is 61.8 Å². The smallest absolute Gasteiger partial charge is 0.270 e. The van der Waals surface area contributed by atoms with Crippen molar-refractivity contribution < 1.29 is 4.79 Å². The van der Waals surface area contributed by atoms with Crippen LogP contribution in [-0.4, -0.2) is 16.4 Å². The van der Waals surface area contributed by atoms with Crippen LogP contribution in [0.5, 0.6) is 0 Å². The van der Waals surface area contributed by atoms with E-state index in [1.54, 1.807) is 12.3 Å². The molecule has 0 bridgehead atoms. The van der Waals surface area contributed by atoms with Gasteiger partial charge in [-0.3, -0.25) is 4.79 Å². The number of amides is 1. The Morgan fingerprint density at radius 2 is 1.81 bits per heavy atom. The summed E-state index contributed by atoms with van der Waals surface area (Å²) in [5, 5.41) is 4.22. The van der Waals surface area contributed by atoms with Gasteiger partial charge in [0.25, 0.3) is 5.91 Å². The monoisotopic (exact) mass is 456 g/mol. The van der Waals surface area contributed by atoms with E-state index >= 15 is 0 Å². The lowest BCUT2D eigenvalue weighted by molar-refractivity contribution is 0.0912. The normalized spacial score (nSPS) is 12.7. The summed E-state index contributed by atoms with van der Waals surface area (Å²) in [6, 6.07) is 7.52. The van der Waals surface area contributed by atoms with E-state index < -0.39 is 0 Å². The van der Waals surface area contributed by atoms with E-state index in [2.05, 4.69) is 33.2 Å². The Labute approximate surface area is 173 Å². The second-order valence-electron chi connectivity index (χ2n) is 7.38. The molecule has 1 heterocycles.